The van der Waals surface area contributed by atoms with Gasteiger partial charge in [0.05, 0.1) is 23.4 Å². The van der Waals surface area contributed by atoms with E-state index in [4.69, 9.17) is 9.47 Å². The molecule has 2 aromatic rings. The van der Waals surface area contributed by atoms with Gasteiger partial charge in [-0.1, -0.05) is 0 Å². The fourth-order valence-electron chi connectivity index (χ4n) is 4.18. The van der Waals surface area contributed by atoms with Gasteiger partial charge in [0.2, 0.25) is 11.8 Å². The summed E-state index contributed by atoms with van der Waals surface area (Å²) in [5.41, 5.74) is 1.87. The number of aryl methyl sites for hydroxylation is 1. The topological polar surface area (TPSA) is 119 Å². The normalized spacial score (nSPS) is 16.0. The number of thiophene rings is 1. The number of amides is 3. The van der Waals surface area contributed by atoms with E-state index in [1.165, 1.54) is 42.5 Å². The molecule has 1 aliphatic carbocycles. The van der Waals surface area contributed by atoms with Crippen molar-refractivity contribution in [3.05, 3.63) is 45.8 Å². The number of rotatable bonds is 7. The Balaban J connectivity index is 1.43. The molecule has 10 heteroatoms. The molecule has 3 amide bonds. The molecule has 1 aromatic heterocycles. The molecule has 2 heterocycles. The van der Waals surface area contributed by atoms with Crippen molar-refractivity contribution in [2.45, 2.75) is 58.5 Å². The van der Waals surface area contributed by atoms with E-state index in [1.54, 1.807) is 6.92 Å². The van der Waals surface area contributed by atoms with E-state index in [9.17, 15) is 24.0 Å². The zero-order chi connectivity index (χ0) is 25.1. The first kappa shape index (κ1) is 24.6. The predicted octanol–water partition coefficient (Wildman–Crippen LogP) is 3.64. The SMILES string of the molecule is CCOC(=O)c1c(NC(=O)C(C)OC(=O)c2ccc(N3C(=O)CCC3=O)cc2)sc2c1CCCC2. The number of ether oxygens (including phenoxy) is 2. The van der Waals surface area contributed by atoms with Crippen molar-refractivity contribution in [3.63, 3.8) is 0 Å². The van der Waals surface area contributed by atoms with Crippen LogP contribution in [-0.4, -0.2) is 42.4 Å². The number of nitrogens with zero attached hydrogens (tertiary/aromatic N) is 1. The highest BCUT2D eigenvalue weighted by atomic mass is 32.1. The fraction of sp³-hybridized carbons (Fsp3) is 0.400. The summed E-state index contributed by atoms with van der Waals surface area (Å²) in [5.74, 6) is -2.33. The zero-order valence-electron chi connectivity index (χ0n) is 19.5. The molecule has 9 nitrogen and oxygen atoms in total. The lowest BCUT2D eigenvalue weighted by Gasteiger charge is -2.16. The summed E-state index contributed by atoms with van der Waals surface area (Å²) < 4.78 is 10.5. The number of fused-ring (bicyclic) bond motifs is 1. The molecule has 2 aliphatic rings. The molecule has 1 aliphatic heterocycles. The molecule has 1 N–H and O–H groups in total. The molecule has 0 spiro atoms. The Morgan fingerprint density at radius 2 is 1.66 bits per heavy atom. The highest BCUT2D eigenvalue weighted by molar-refractivity contribution is 7.17. The Kier molecular flexibility index (Phi) is 7.30. The molecule has 4 rings (SSSR count). The minimum absolute atomic E-state index is 0.167. The predicted molar refractivity (Wildman–Crippen MR) is 129 cm³/mol. The molecular weight excluding hydrogens is 472 g/mol. The molecule has 184 valence electrons. The van der Waals surface area contributed by atoms with Crippen LogP contribution >= 0.6 is 11.3 Å². The van der Waals surface area contributed by atoms with Crippen LogP contribution in [0.3, 0.4) is 0 Å². The lowest BCUT2D eigenvalue weighted by atomic mass is 9.95. The smallest absolute Gasteiger partial charge is 0.341 e. The van der Waals surface area contributed by atoms with Gasteiger partial charge in [-0.2, -0.15) is 0 Å². The van der Waals surface area contributed by atoms with Crippen LogP contribution in [0.4, 0.5) is 10.7 Å². The van der Waals surface area contributed by atoms with Crippen molar-refractivity contribution in [1.82, 2.24) is 0 Å². The maximum atomic E-state index is 12.8. The minimum atomic E-state index is -1.13. The molecule has 0 radical (unpaired) electrons. The Morgan fingerprint density at radius 3 is 2.31 bits per heavy atom. The van der Waals surface area contributed by atoms with Crippen molar-refractivity contribution in [1.29, 1.82) is 0 Å². The van der Waals surface area contributed by atoms with Crippen LogP contribution in [0.15, 0.2) is 24.3 Å². The molecule has 1 saturated heterocycles. The van der Waals surface area contributed by atoms with Gasteiger partial charge in [-0.25, -0.2) is 9.59 Å². The average Bonchev–Trinajstić information content (AvgIpc) is 3.37. The Labute approximate surface area is 206 Å². The van der Waals surface area contributed by atoms with Gasteiger partial charge in [0.25, 0.3) is 5.91 Å². The Hall–Kier alpha value is -3.53. The number of anilines is 2. The molecule has 1 atom stereocenters. The fourth-order valence-corrected chi connectivity index (χ4v) is 5.46. The van der Waals surface area contributed by atoms with Gasteiger partial charge < -0.3 is 14.8 Å². The van der Waals surface area contributed by atoms with Crippen LogP contribution in [0.5, 0.6) is 0 Å². The van der Waals surface area contributed by atoms with Crippen LogP contribution in [0, 0.1) is 0 Å². The van der Waals surface area contributed by atoms with E-state index in [2.05, 4.69) is 5.32 Å². The van der Waals surface area contributed by atoms with Crippen molar-refractivity contribution >= 4 is 51.7 Å². The van der Waals surface area contributed by atoms with Crippen LogP contribution in [0.1, 0.15) is 70.7 Å². The van der Waals surface area contributed by atoms with Crippen molar-refractivity contribution in [2.75, 3.05) is 16.8 Å². The van der Waals surface area contributed by atoms with Gasteiger partial charge in [0.1, 0.15) is 5.00 Å². The van der Waals surface area contributed by atoms with Crippen LogP contribution < -0.4 is 10.2 Å². The molecular formula is C25H26N2O7S. The van der Waals surface area contributed by atoms with Gasteiger partial charge in [0, 0.05) is 17.7 Å². The van der Waals surface area contributed by atoms with E-state index in [-0.39, 0.29) is 36.8 Å². The van der Waals surface area contributed by atoms with Crippen LogP contribution in [0.25, 0.3) is 0 Å². The number of carbonyl (C=O) groups excluding carboxylic acids is 5. The summed E-state index contributed by atoms with van der Waals surface area (Å²) in [6, 6.07) is 5.86. The lowest BCUT2D eigenvalue weighted by molar-refractivity contribution is -0.124. The summed E-state index contributed by atoms with van der Waals surface area (Å²) in [4.78, 5) is 63.9. The number of carbonyl (C=O) groups is 5. The number of esters is 2. The zero-order valence-corrected chi connectivity index (χ0v) is 20.4. The standard InChI is InChI=1S/C25H26N2O7S/c1-3-33-25(32)21-17-6-4-5-7-18(17)35-23(21)26-22(30)14(2)34-24(31)15-8-10-16(11-9-15)27-19(28)12-13-20(27)29/h8-11,14H,3-7,12-13H2,1-2H3,(H,26,30). The van der Waals surface area contributed by atoms with E-state index in [0.29, 0.717) is 16.3 Å². The first-order valence-electron chi connectivity index (χ1n) is 11.6. The second-order valence-electron chi connectivity index (χ2n) is 8.34. The quantitative estimate of drug-likeness (QED) is 0.457. The maximum Gasteiger partial charge on any atom is 0.341 e. The van der Waals surface area contributed by atoms with Crippen LogP contribution in [0.2, 0.25) is 0 Å². The monoisotopic (exact) mass is 498 g/mol. The number of imide groups is 1. The summed E-state index contributed by atoms with van der Waals surface area (Å²) in [6.45, 7) is 3.40. The maximum absolute atomic E-state index is 12.8. The first-order chi connectivity index (χ1) is 16.8. The Bertz CT molecular complexity index is 1170. The molecule has 1 fully saturated rings. The molecule has 0 saturated carbocycles. The largest absolute Gasteiger partial charge is 0.462 e. The van der Waals surface area contributed by atoms with Gasteiger partial charge in [-0.05, 0) is 69.4 Å². The molecule has 35 heavy (non-hydrogen) atoms. The van der Waals surface area contributed by atoms with Crippen molar-refractivity contribution in [2.24, 2.45) is 0 Å². The average molecular weight is 499 g/mol. The van der Waals surface area contributed by atoms with E-state index in [0.717, 1.165) is 41.0 Å². The summed E-state index contributed by atoms with van der Waals surface area (Å²) in [5, 5.41) is 3.15. The molecule has 0 bridgehead atoms. The molecule has 1 unspecified atom stereocenters. The van der Waals surface area contributed by atoms with Gasteiger partial charge >= 0.3 is 11.9 Å². The van der Waals surface area contributed by atoms with E-state index >= 15 is 0 Å². The number of hydrogen-bond donors (Lipinski definition) is 1. The number of nitrogens with one attached hydrogen (secondary N) is 1. The first-order valence-corrected chi connectivity index (χ1v) is 12.4. The third-order valence-corrected chi connectivity index (χ3v) is 7.16. The number of benzene rings is 1. The van der Waals surface area contributed by atoms with Crippen molar-refractivity contribution in [3.8, 4) is 0 Å². The van der Waals surface area contributed by atoms with Crippen molar-refractivity contribution < 1.29 is 33.4 Å². The second kappa shape index (κ2) is 10.4. The van der Waals surface area contributed by atoms with E-state index in [1.807, 2.05) is 0 Å². The second-order valence-corrected chi connectivity index (χ2v) is 9.45. The summed E-state index contributed by atoms with van der Waals surface area (Å²) in [6.07, 6.45) is 2.80. The highest BCUT2D eigenvalue weighted by Crippen LogP contribution is 2.38. The lowest BCUT2D eigenvalue weighted by Crippen LogP contribution is -2.30. The van der Waals surface area contributed by atoms with Gasteiger partial charge in [-0.15, -0.1) is 11.3 Å². The highest BCUT2D eigenvalue weighted by Gasteiger charge is 2.31. The number of hydrogen-bond acceptors (Lipinski definition) is 8. The van der Waals surface area contributed by atoms with Crippen LogP contribution in [-0.2, 0) is 36.7 Å². The summed E-state index contributed by atoms with van der Waals surface area (Å²) in [7, 11) is 0. The van der Waals surface area contributed by atoms with E-state index < -0.39 is 23.9 Å². The summed E-state index contributed by atoms with van der Waals surface area (Å²) >= 11 is 1.36. The third-order valence-electron chi connectivity index (χ3n) is 5.95. The van der Waals surface area contributed by atoms with Gasteiger partial charge in [0.15, 0.2) is 6.10 Å². The Morgan fingerprint density at radius 1 is 1.00 bits per heavy atom. The van der Waals surface area contributed by atoms with Gasteiger partial charge in [-0.3, -0.25) is 19.3 Å². The molecule has 1 aromatic carbocycles. The minimum Gasteiger partial charge on any atom is -0.462 e. The third kappa shape index (κ3) is 5.12.